The molecular formula is C14H17N3O2. The minimum Gasteiger partial charge on any atom is -0.454 e. The van der Waals surface area contributed by atoms with Crippen LogP contribution in [0.1, 0.15) is 18.2 Å². The van der Waals surface area contributed by atoms with Crippen molar-refractivity contribution in [3.63, 3.8) is 0 Å². The Hall–Kier alpha value is -2.17. The first-order valence-corrected chi connectivity index (χ1v) is 6.41. The van der Waals surface area contributed by atoms with E-state index in [1.54, 1.807) is 0 Å². The fourth-order valence-electron chi connectivity index (χ4n) is 2.19. The third-order valence-corrected chi connectivity index (χ3v) is 3.16. The van der Waals surface area contributed by atoms with Crippen LogP contribution in [0, 0.1) is 0 Å². The summed E-state index contributed by atoms with van der Waals surface area (Å²) in [4.78, 5) is 0. The summed E-state index contributed by atoms with van der Waals surface area (Å²) in [6.45, 7) is 3.16. The van der Waals surface area contributed by atoms with Crippen molar-refractivity contribution in [2.45, 2.75) is 19.9 Å². The number of anilines is 1. The molecule has 1 aromatic heterocycles. The quantitative estimate of drug-likeness (QED) is 0.915. The Morgan fingerprint density at radius 1 is 1.32 bits per heavy atom. The molecule has 0 spiro atoms. The van der Waals surface area contributed by atoms with E-state index >= 15 is 0 Å². The van der Waals surface area contributed by atoms with Crippen LogP contribution in [0.4, 0.5) is 5.69 Å². The molecule has 0 saturated heterocycles. The highest BCUT2D eigenvalue weighted by Gasteiger charge is 2.13. The number of nitrogens with one attached hydrogen (secondary N) is 1. The van der Waals surface area contributed by atoms with Crippen LogP contribution in [0.2, 0.25) is 0 Å². The first-order chi connectivity index (χ1) is 9.26. The lowest BCUT2D eigenvalue weighted by Crippen LogP contribution is -2.00. The second kappa shape index (κ2) is 4.84. The van der Waals surface area contributed by atoms with Crippen LogP contribution in [-0.4, -0.2) is 16.6 Å². The Bertz CT molecular complexity index is 592. The smallest absolute Gasteiger partial charge is 0.231 e. The summed E-state index contributed by atoms with van der Waals surface area (Å²) < 4.78 is 12.5. The number of rotatable bonds is 4. The van der Waals surface area contributed by atoms with Crippen LogP contribution in [0.3, 0.4) is 0 Å². The van der Waals surface area contributed by atoms with Gasteiger partial charge in [-0.2, -0.15) is 5.10 Å². The summed E-state index contributed by atoms with van der Waals surface area (Å²) in [6.07, 6.45) is 2.93. The van der Waals surface area contributed by atoms with Crippen molar-refractivity contribution in [3.05, 3.63) is 35.7 Å². The SMILES string of the molecule is CCc1nn(C)cc1NCc1ccc2c(c1)OCO2. The second-order valence-corrected chi connectivity index (χ2v) is 4.56. The zero-order valence-electron chi connectivity index (χ0n) is 11.1. The molecule has 0 bridgehead atoms. The van der Waals surface area contributed by atoms with Gasteiger partial charge in [0.25, 0.3) is 0 Å². The third kappa shape index (κ3) is 2.36. The largest absolute Gasteiger partial charge is 0.454 e. The van der Waals surface area contributed by atoms with Crippen LogP contribution in [0.5, 0.6) is 11.5 Å². The molecule has 0 radical (unpaired) electrons. The van der Waals surface area contributed by atoms with E-state index in [4.69, 9.17) is 9.47 Å². The molecule has 2 aromatic rings. The maximum absolute atomic E-state index is 5.37. The van der Waals surface area contributed by atoms with Gasteiger partial charge in [0.05, 0.1) is 11.4 Å². The standard InChI is InChI=1S/C14H17N3O2/c1-3-11-12(8-17(2)16-11)15-7-10-4-5-13-14(6-10)19-9-18-13/h4-6,8,15H,3,7,9H2,1-2H3. The molecule has 1 N–H and O–H groups in total. The van der Waals surface area contributed by atoms with Gasteiger partial charge in [0.2, 0.25) is 6.79 Å². The topological polar surface area (TPSA) is 48.3 Å². The van der Waals surface area contributed by atoms with Crippen LogP contribution in [0.25, 0.3) is 0 Å². The fraction of sp³-hybridized carbons (Fsp3) is 0.357. The fourth-order valence-corrected chi connectivity index (χ4v) is 2.19. The molecule has 0 fully saturated rings. The van der Waals surface area contributed by atoms with Gasteiger partial charge in [0.1, 0.15) is 0 Å². The van der Waals surface area contributed by atoms with E-state index in [1.807, 2.05) is 36.1 Å². The van der Waals surface area contributed by atoms with Crippen molar-refractivity contribution in [2.75, 3.05) is 12.1 Å². The van der Waals surface area contributed by atoms with Crippen molar-refractivity contribution >= 4 is 5.69 Å². The summed E-state index contributed by atoms with van der Waals surface area (Å²) in [7, 11) is 1.94. The van der Waals surface area contributed by atoms with Crippen LogP contribution in [0.15, 0.2) is 24.4 Å². The molecule has 2 heterocycles. The van der Waals surface area contributed by atoms with Gasteiger partial charge in [0, 0.05) is 19.8 Å². The molecular weight excluding hydrogens is 242 g/mol. The van der Waals surface area contributed by atoms with Gasteiger partial charge in [-0.25, -0.2) is 0 Å². The molecule has 0 atom stereocenters. The van der Waals surface area contributed by atoms with Crippen molar-refractivity contribution in [2.24, 2.45) is 7.05 Å². The third-order valence-electron chi connectivity index (χ3n) is 3.16. The molecule has 0 saturated carbocycles. The molecule has 1 aliphatic heterocycles. The lowest BCUT2D eigenvalue weighted by atomic mass is 10.2. The van der Waals surface area contributed by atoms with Gasteiger partial charge in [-0.3, -0.25) is 4.68 Å². The van der Waals surface area contributed by atoms with E-state index in [0.717, 1.165) is 41.4 Å². The van der Waals surface area contributed by atoms with Crippen molar-refractivity contribution < 1.29 is 9.47 Å². The molecule has 0 unspecified atom stereocenters. The maximum Gasteiger partial charge on any atom is 0.231 e. The number of ether oxygens (including phenoxy) is 2. The normalized spacial score (nSPS) is 12.7. The molecule has 1 aliphatic rings. The Kier molecular flexibility index (Phi) is 3.03. The number of hydrogen-bond donors (Lipinski definition) is 1. The first kappa shape index (κ1) is 11.9. The molecule has 0 aliphatic carbocycles. The summed E-state index contributed by atoms with van der Waals surface area (Å²) in [5.74, 6) is 1.64. The van der Waals surface area contributed by atoms with Gasteiger partial charge in [-0.15, -0.1) is 0 Å². The second-order valence-electron chi connectivity index (χ2n) is 4.56. The predicted octanol–water partition coefficient (Wildman–Crippen LogP) is 2.32. The number of aryl methyl sites for hydroxylation is 2. The maximum atomic E-state index is 5.37. The first-order valence-electron chi connectivity index (χ1n) is 6.41. The van der Waals surface area contributed by atoms with Crippen molar-refractivity contribution in [1.29, 1.82) is 0 Å². The van der Waals surface area contributed by atoms with E-state index in [9.17, 15) is 0 Å². The van der Waals surface area contributed by atoms with E-state index in [-0.39, 0.29) is 0 Å². The summed E-state index contributed by atoms with van der Waals surface area (Å²) in [6, 6.07) is 6.00. The molecule has 1 aromatic carbocycles. The highest BCUT2D eigenvalue weighted by Crippen LogP contribution is 2.32. The summed E-state index contributed by atoms with van der Waals surface area (Å²) in [5.41, 5.74) is 3.33. The number of nitrogens with zero attached hydrogens (tertiary/aromatic N) is 2. The Morgan fingerprint density at radius 2 is 2.16 bits per heavy atom. The van der Waals surface area contributed by atoms with Gasteiger partial charge in [0.15, 0.2) is 11.5 Å². The average Bonchev–Trinajstić information content (AvgIpc) is 3.01. The number of hydrogen-bond acceptors (Lipinski definition) is 4. The lowest BCUT2D eigenvalue weighted by molar-refractivity contribution is 0.174. The van der Waals surface area contributed by atoms with Gasteiger partial charge < -0.3 is 14.8 Å². The van der Waals surface area contributed by atoms with E-state index in [2.05, 4.69) is 17.3 Å². The van der Waals surface area contributed by atoms with E-state index in [0.29, 0.717) is 6.79 Å². The van der Waals surface area contributed by atoms with E-state index in [1.165, 1.54) is 0 Å². The van der Waals surface area contributed by atoms with Crippen LogP contribution < -0.4 is 14.8 Å². The van der Waals surface area contributed by atoms with Crippen molar-refractivity contribution in [3.8, 4) is 11.5 Å². The van der Waals surface area contributed by atoms with Crippen LogP contribution >= 0.6 is 0 Å². The average molecular weight is 259 g/mol. The van der Waals surface area contributed by atoms with Crippen LogP contribution in [-0.2, 0) is 20.0 Å². The Balaban J connectivity index is 1.72. The molecule has 3 rings (SSSR count). The Morgan fingerprint density at radius 3 is 3.00 bits per heavy atom. The summed E-state index contributed by atoms with van der Waals surface area (Å²) >= 11 is 0. The minimum atomic E-state index is 0.314. The lowest BCUT2D eigenvalue weighted by Gasteiger charge is -2.06. The highest BCUT2D eigenvalue weighted by atomic mass is 16.7. The minimum absolute atomic E-state index is 0.314. The van der Waals surface area contributed by atoms with Gasteiger partial charge in [-0.1, -0.05) is 13.0 Å². The molecule has 0 amide bonds. The van der Waals surface area contributed by atoms with E-state index < -0.39 is 0 Å². The highest BCUT2D eigenvalue weighted by molar-refractivity contribution is 5.49. The molecule has 100 valence electrons. The Labute approximate surface area is 112 Å². The zero-order chi connectivity index (χ0) is 13.2. The number of fused-ring (bicyclic) bond motifs is 1. The zero-order valence-corrected chi connectivity index (χ0v) is 11.1. The van der Waals surface area contributed by atoms with Gasteiger partial charge in [-0.05, 0) is 24.1 Å². The molecule has 5 nitrogen and oxygen atoms in total. The summed E-state index contributed by atoms with van der Waals surface area (Å²) in [5, 5.41) is 7.82. The monoisotopic (exact) mass is 259 g/mol. The van der Waals surface area contributed by atoms with Crippen molar-refractivity contribution in [1.82, 2.24) is 9.78 Å². The number of aromatic nitrogens is 2. The predicted molar refractivity (Wildman–Crippen MR) is 72.5 cm³/mol. The number of benzene rings is 1. The van der Waals surface area contributed by atoms with Gasteiger partial charge >= 0.3 is 0 Å². The molecule has 5 heteroatoms. The molecule has 19 heavy (non-hydrogen) atoms.